The zero-order valence-corrected chi connectivity index (χ0v) is 8.70. The van der Waals surface area contributed by atoms with Gasteiger partial charge in [0.2, 0.25) is 0 Å². The van der Waals surface area contributed by atoms with Crippen molar-refractivity contribution in [3.05, 3.63) is 29.8 Å². The van der Waals surface area contributed by atoms with Crippen LogP contribution in [0.2, 0.25) is 0 Å². The molecule has 2 heteroatoms. The van der Waals surface area contributed by atoms with Crippen LogP contribution in [0.15, 0.2) is 24.3 Å². The normalized spacial score (nSPS) is 21.1. The second-order valence-electron chi connectivity index (χ2n) is 3.98. The van der Waals surface area contributed by atoms with Gasteiger partial charge in [-0.15, -0.1) is 0 Å². The zero-order valence-electron chi connectivity index (χ0n) is 8.70. The van der Waals surface area contributed by atoms with E-state index >= 15 is 0 Å². The highest BCUT2D eigenvalue weighted by molar-refractivity contribution is 5.27. The first-order valence-corrected chi connectivity index (χ1v) is 5.35. The summed E-state index contributed by atoms with van der Waals surface area (Å²) in [5.74, 6) is 0.948. The van der Waals surface area contributed by atoms with E-state index in [-0.39, 0.29) is 0 Å². The van der Waals surface area contributed by atoms with E-state index in [2.05, 4.69) is 17.4 Å². The summed E-state index contributed by atoms with van der Waals surface area (Å²) >= 11 is 0. The third kappa shape index (κ3) is 2.26. The van der Waals surface area contributed by atoms with Gasteiger partial charge in [-0.3, -0.25) is 0 Å². The van der Waals surface area contributed by atoms with Crippen molar-refractivity contribution in [3.63, 3.8) is 0 Å². The molecule has 0 unspecified atom stereocenters. The Labute approximate surface area is 85.3 Å². The van der Waals surface area contributed by atoms with Crippen LogP contribution in [-0.2, 0) is 6.42 Å². The summed E-state index contributed by atoms with van der Waals surface area (Å²) in [6, 6.07) is 9.24. The molecule has 1 aromatic rings. The molecule has 2 nitrogen and oxygen atoms in total. The molecule has 76 valence electrons. The minimum Gasteiger partial charge on any atom is -0.497 e. The Morgan fingerprint density at radius 1 is 1.36 bits per heavy atom. The van der Waals surface area contributed by atoms with E-state index in [0.717, 1.165) is 11.8 Å². The molecule has 1 saturated heterocycles. The van der Waals surface area contributed by atoms with Crippen molar-refractivity contribution < 1.29 is 10.1 Å². The Bertz CT molecular complexity index is 275. The summed E-state index contributed by atoms with van der Waals surface area (Å²) in [5, 5.41) is 2.46. The fraction of sp³-hybridized carbons (Fsp3) is 0.500. The average Bonchev–Trinajstić information content (AvgIpc) is 2.72. The van der Waals surface area contributed by atoms with Crippen LogP contribution in [0.5, 0.6) is 5.75 Å². The Morgan fingerprint density at radius 3 is 2.71 bits per heavy atom. The molecule has 2 N–H and O–H groups in total. The number of hydrogen-bond donors (Lipinski definition) is 1. The first-order valence-electron chi connectivity index (χ1n) is 5.35. The molecule has 0 bridgehead atoms. The van der Waals surface area contributed by atoms with E-state index in [1.807, 2.05) is 12.1 Å². The molecule has 0 radical (unpaired) electrons. The van der Waals surface area contributed by atoms with Crippen LogP contribution in [0.4, 0.5) is 0 Å². The molecular weight excluding hydrogens is 174 g/mol. The molecule has 2 rings (SSSR count). The predicted molar refractivity (Wildman–Crippen MR) is 56.5 cm³/mol. The Kier molecular flexibility index (Phi) is 3.04. The fourth-order valence-electron chi connectivity index (χ4n) is 2.10. The number of rotatable bonds is 3. The summed E-state index contributed by atoms with van der Waals surface area (Å²) in [6.45, 7) is 1.31. The van der Waals surface area contributed by atoms with Gasteiger partial charge in [-0.2, -0.15) is 0 Å². The van der Waals surface area contributed by atoms with Crippen LogP contribution in [0.3, 0.4) is 0 Å². The molecule has 1 atom stereocenters. The molecule has 1 heterocycles. The summed E-state index contributed by atoms with van der Waals surface area (Å²) in [5.41, 5.74) is 1.42. The molecule has 1 aliphatic heterocycles. The minimum absolute atomic E-state index is 0.809. The van der Waals surface area contributed by atoms with Gasteiger partial charge in [0, 0.05) is 19.3 Å². The number of ether oxygens (including phenoxy) is 1. The lowest BCUT2D eigenvalue weighted by molar-refractivity contribution is -0.669. The van der Waals surface area contributed by atoms with Crippen LogP contribution in [-0.4, -0.2) is 19.7 Å². The van der Waals surface area contributed by atoms with Gasteiger partial charge in [0.1, 0.15) is 5.75 Å². The molecule has 0 amide bonds. The van der Waals surface area contributed by atoms with Crippen LogP contribution in [0.25, 0.3) is 0 Å². The Balaban J connectivity index is 1.95. The fourth-order valence-corrected chi connectivity index (χ4v) is 2.10. The molecule has 1 aromatic carbocycles. The number of nitrogens with two attached hydrogens (primary N) is 1. The van der Waals surface area contributed by atoms with E-state index in [0.29, 0.717) is 0 Å². The zero-order chi connectivity index (χ0) is 9.80. The molecule has 14 heavy (non-hydrogen) atoms. The van der Waals surface area contributed by atoms with Crippen molar-refractivity contribution in [2.75, 3.05) is 13.7 Å². The smallest absolute Gasteiger partial charge is 0.118 e. The van der Waals surface area contributed by atoms with E-state index in [1.54, 1.807) is 7.11 Å². The Morgan fingerprint density at radius 2 is 2.14 bits per heavy atom. The van der Waals surface area contributed by atoms with Gasteiger partial charge in [-0.1, -0.05) is 12.1 Å². The highest BCUT2D eigenvalue weighted by atomic mass is 16.5. The van der Waals surface area contributed by atoms with Gasteiger partial charge in [-0.05, 0) is 17.7 Å². The lowest BCUT2D eigenvalue weighted by Crippen LogP contribution is -2.87. The summed E-state index contributed by atoms with van der Waals surface area (Å²) in [6.07, 6.45) is 3.94. The molecule has 0 spiro atoms. The molecule has 1 fully saturated rings. The Hall–Kier alpha value is -1.02. The topological polar surface area (TPSA) is 25.8 Å². The van der Waals surface area contributed by atoms with Gasteiger partial charge in [0.25, 0.3) is 0 Å². The maximum Gasteiger partial charge on any atom is 0.118 e. The number of benzene rings is 1. The third-order valence-corrected chi connectivity index (χ3v) is 2.94. The first-order chi connectivity index (χ1) is 6.88. The summed E-state index contributed by atoms with van der Waals surface area (Å²) in [7, 11) is 1.71. The summed E-state index contributed by atoms with van der Waals surface area (Å²) < 4.78 is 5.13. The monoisotopic (exact) mass is 192 g/mol. The van der Waals surface area contributed by atoms with Gasteiger partial charge >= 0.3 is 0 Å². The predicted octanol–water partition coefficient (Wildman–Crippen LogP) is 0.963. The molecule has 0 saturated carbocycles. The van der Waals surface area contributed by atoms with E-state index in [1.165, 1.54) is 31.4 Å². The number of quaternary nitrogens is 1. The van der Waals surface area contributed by atoms with Crippen LogP contribution in [0.1, 0.15) is 18.4 Å². The lowest BCUT2D eigenvalue weighted by Gasteiger charge is -2.07. The molecule has 0 aliphatic carbocycles. The maximum atomic E-state index is 5.13. The number of hydrogen-bond acceptors (Lipinski definition) is 1. The third-order valence-electron chi connectivity index (χ3n) is 2.94. The quantitative estimate of drug-likeness (QED) is 0.758. The maximum absolute atomic E-state index is 5.13. The molecule has 1 aliphatic rings. The first kappa shape index (κ1) is 9.53. The van der Waals surface area contributed by atoms with Crippen LogP contribution in [0, 0.1) is 0 Å². The van der Waals surface area contributed by atoms with Gasteiger partial charge in [0.05, 0.1) is 19.7 Å². The van der Waals surface area contributed by atoms with Gasteiger partial charge < -0.3 is 10.1 Å². The van der Waals surface area contributed by atoms with Crippen molar-refractivity contribution >= 4 is 0 Å². The van der Waals surface area contributed by atoms with Crippen molar-refractivity contribution in [2.24, 2.45) is 0 Å². The standard InChI is InChI=1S/C12H17NO/c1-14-12-6-4-10(5-7-12)9-11-3-2-8-13-11/h4-7,11,13H,2-3,8-9H2,1H3/p+1/t11-/m0/s1. The SMILES string of the molecule is COc1ccc(C[C@@H]2CCC[NH2+]2)cc1. The van der Waals surface area contributed by atoms with E-state index in [9.17, 15) is 0 Å². The largest absolute Gasteiger partial charge is 0.497 e. The van der Waals surface area contributed by atoms with Crippen molar-refractivity contribution in [1.82, 2.24) is 0 Å². The van der Waals surface area contributed by atoms with Gasteiger partial charge in [0.15, 0.2) is 0 Å². The number of methoxy groups -OCH3 is 1. The average molecular weight is 192 g/mol. The van der Waals surface area contributed by atoms with Gasteiger partial charge in [-0.25, -0.2) is 0 Å². The van der Waals surface area contributed by atoms with E-state index in [4.69, 9.17) is 4.74 Å². The van der Waals surface area contributed by atoms with Crippen LogP contribution < -0.4 is 10.1 Å². The minimum atomic E-state index is 0.809. The second kappa shape index (κ2) is 4.47. The highest BCUT2D eigenvalue weighted by Gasteiger charge is 2.18. The molecular formula is C12H18NO+. The van der Waals surface area contributed by atoms with Crippen LogP contribution >= 0.6 is 0 Å². The van der Waals surface area contributed by atoms with E-state index < -0.39 is 0 Å². The van der Waals surface area contributed by atoms with Crippen molar-refractivity contribution in [3.8, 4) is 5.75 Å². The van der Waals surface area contributed by atoms with Crippen molar-refractivity contribution in [2.45, 2.75) is 25.3 Å². The molecule has 0 aromatic heterocycles. The lowest BCUT2D eigenvalue weighted by atomic mass is 10.0. The van der Waals surface area contributed by atoms with Crippen molar-refractivity contribution in [1.29, 1.82) is 0 Å². The summed E-state index contributed by atoms with van der Waals surface area (Å²) in [4.78, 5) is 0. The second-order valence-corrected chi connectivity index (χ2v) is 3.98. The highest BCUT2D eigenvalue weighted by Crippen LogP contribution is 2.13.